The first kappa shape index (κ1) is 13.0. The molecular weight excluding hydrogens is 230 g/mol. The van der Waals surface area contributed by atoms with Gasteiger partial charge in [0, 0.05) is 23.4 Å². The second-order valence-corrected chi connectivity index (χ2v) is 6.82. The van der Waals surface area contributed by atoms with Gasteiger partial charge in [-0.1, -0.05) is 20.8 Å². The summed E-state index contributed by atoms with van der Waals surface area (Å²) in [6.45, 7) is 9.56. The molecule has 2 heterocycles. The lowest BCUT2D eigenvalue weighted by Crippen LogP contribution is -2.34. The summed E-state index contributed by atoms with van der Waals surface area (Å²) >= 11 is 1.78. The lowest BCUT2D eigenvalue weighted by Gasteiger charge is -2.21. The summed E-state index contributed by atoms with van der Waals surface area (Å²) < 4.78 is 0. The summed E-state index contributed by atoms with van der Waals surface area (Å²) in [4.78, 5) is 7.23. The SMILES string of the molecule is CC(C)(C)c1csc(CN2CCCC2CN)n1. The molecule has 2 N–H and O–H groups in total. The Morgan fingerprint density at radius 2 is 2.29 bits per heavy atom. The largest absolute Gasteiger partial charge is 0.329 e. The number of hydrogen-bond donors (Lipinski definition) is 1. The fourth-order valence-corrected chi connectivity index (χ4v) is 3.32. The molecule has 0 bridgehead atoms. The quantitative estimate of drug-likeness (QED) is 0.899. The molecular formula is C13H23N3S. The van der Waals surface area contributed by atoms with Crippen molar-refractivity contribution in [3.63, 3.8) is 0 Å². The third-order valence-electron chi connectivity index (χ3n) is 3.43. The van der Waals surface area contributed by atoms with E-state index < -0.39 is 0 Å². The van der Waals surface area contributed by atoms with Crippen molar-refractivity contribution >= 4 is 11.3 Å². The highest BCUT2D eigenvalue weighted by atomic mass is 32.1. The molecule has 96 valence electrons. The van der Waals surface area contributed by atoms with Gasteiger partial charge in [-0.05, 0) is 19.4 Å². The molecule has 1 atom stereocenters. The highest BCUT2D eigenvalue weighted by Crippen LogP contribution is 2.26. The molecule has 4 heteroatoms. The van der Waals surface area contributed by atoms with Crippen LogP contribution in [0.4, 0.5) is 0 Å². The second-order valence-electron chi connectivity index (χ2n) is 5.88. The fraction of sp³-hybridized carbons (Fsp3) is 0.769. The molecule has 1 aromatic heterocycles. The standard InChI is InChI=1S/C13H23N3S/c1-13(2,3)11-9-17-12(15-11)8-16-6-4-5-10(16)7-14/h9-10H,4-8,14H2,1-3H3. The minimum atomic E-state index is 0.160. The van der Waals surface area contributed by atoms with E-state index in [0.29, 0.717) is 6.04 Å². The van der Waals surface area contributed by atoms with Gasteiger partial charge in [-0.15, -0.1) is 11.3 Å². The van der Waals surface area contributed by atoms with E-state index in [1.165, 1.54) is 30.1 Å². The number of likely N-dealkylation sites (tertiary alicyclic amines) is 1. The van der Waals surface area contributed by atoms with Crippen LogP contribution in [0.15, 0.2) is 5.38 Å². The van der Waals surface area contributed by atoms with Gasteiger partial charge in [-0.3, -0.25) is 4.90 Å². The normalized spacial score (nSPS) is 22.2. The first-order valence-electron chi connectivity index (χ1n) is 6.39. The smallest absolute Gasteiger partial charge is 0.107 e. The van der Waals surface area contributed by atoms with Crippen molar-refractivity contribution in [1.29, 1.82) is 0 Å². The van der Waals surface area contributed by atoms with Gasteiger partial charge in [-0.2, -0.15) is 0 Å². The Hall–Kier alpha value is -0.450. The molecule has 0 saturated carbocycles. The van der Waals surface area contributed by atoms with Crippen molar-refractivity contribution in [3.8, 4) is 0 Å². The van der Waals surface area contributed by atoms with E-state index in [1.54, 1.807) is 11.3 Å². The predicted molar refractivity (Wildman–Crippen MR) is 73.3 cm³/mol. The second kappa shape index (κ2) is 5.04. The average molecular weight is 253 g/mol. The molecule has 1 aromatic rings. The minimum Gasteiger partial charge on any atom is -0.329 e. The maximum Gasteiger partial charge on any atom is 0.107 e. The van der Waals surface area contributed by atoms with Crippen LogP contribution in [0.5, 0.6) is 0 Å². The predicted octanol–water partition coefficient (Wildman–Crippen LogP) is 2.36. The van der Waals surface area contributed by atoms with E-state index in [1.807, 2.05) is 0 Å². The van der Waals surface area contributed by atoms with Crippen LogP contribution < -0.4 is 5.73 Å². The van der Waals surface area contributed by atoms with Gasteiger partial charge in [0.2, 0.25) is 0 Å². The molecule has 1 fully saturated rings. The first-order valence-corrected chi connectivity index (χ1v) is 7.27. The zero-order valence-electron chi connectivity index (χ0n) is 11.1. The zero-order valence-corrected chi connectivity index (χ0v) is 11.9. The Morgan fingerprint density at radius 3 is 2.88 bits per heavy atom. The Balaban J connectivity index is 2.02. The van der Waals surface area contributed by atoms with Crippen molar-refractivity contribution in [1.82, 2.24) is 9.88 Å². The molecule has 1 aliphatic heterocycles. The van der Waals surface area contributed by atoms with E-state index in [-0.39, 0.29) is 5.41 Å². The lowest BCUT2D eigenvalue weighted by atomic mass is 9.93. The van der Waals surface area contributed by atoms with Gasteiger partial charge in [0.15, 0.2) is 0 Å². The Morgan fingerprint density at radius 1 is 1.53 bits per heavy atom. The molecule has 3 nitrogen and oxygen atoms in total. The van der Waals surface area contributed by atoms with Gasteiger partial charge < -0.3 is 5.73 Å². The third kappa shape index (κ3) is 3.06. The van der Waals surface area contributed by atoms with Crippen LogP contribution in [0, 0.1) is 0 Å². The highest BCUT2D eigenvalue weighted by molar-refractivity contribution is 7.09. The van der Waals surface area contributed by atoms with E-state index >= 15 is 0 Å². The molecule has 0 spiro atoms. The average Bonchev–Trinajstić information content (AvgIpc) is 2.86. The molecule has 0 amide bonds. The van der Waals surface area contributed by atoms with Gasteiger partial charge >= 0.3 is 0 Å². The zero-order chi connectivity index (χ0) is 12.5. The summed E-state index contributed by atoms with van der Waals surface area (Å²) in [5.74, 6) is 0. The Kier molecular flexibility index (Phi) is 3.85. The summed E-state index contributed by atoms with van der Waals surface area (Å²) in [5.41, 5.74) is 7.16. The molecule has 1 unspecified atom stereocenters. The molecule has 1 aliphatic rings. The van der Waals surface area contributed by atoms with E-state index in [0.717, 1.165) is 13.1 Å². The van der Waals surface area contributed by atoms with E-state index in [2.05, 4.69) is 31.1 Å². The summed E-state index contributed by atoms with van der Waals surface area (Å²) in [6, 6.07) is 0.567. The van der Waals surface area contributed by atoms with Crippen LogP contribution in [0.1, 0.15) is 44.3 Å². The van der Waals surface area contributed by atoms with E-state index in [4.69, 9.17) is 10.7 Å². The lowest BCUT2D eigenvalue weighted by molar-refractivity contribution is 0.249. The van der Waals surface area contributed by atoms with Crippen LogP contribution in [-0.4, -0.2) is 29.0 Å². The molecule has 2 rings (SSSR count). The number of nitrogens with zero attached hydrogens (tertiary/aromatic N) is 2. The number of rotatable bonds is 3. The van der Waals surface area contributed by atoms with E-state index in [9.17, 15) is 0 Å². The monoisotopic (exact) mass is 253 g/mol. The Labute approximate surface area is 108 Å². The number of nitrogens with two attached hydrogens (primary N) is 1. The summed E-state index contributed by atoms with van der Waals surface area (Å²) in [6.07, 6.45) is 2.52. The number of thiazole rings is 1. The topological polar surface area (TPSA) is 42.1 Å². The maximum absolute atomic E-state index is 5.79. The van der Waals surface area contributed by atoms with Crippen LogP contribution in [0.25, 0.3) is 0 Å². The summed E-state index contributed by atoms with van der Waals surface area (Å²) in [7, 11) is 0. The van der Waals surface area contributed by atoms with Crippen LogP contribution in [0.2, 0.25) is 0 Å². The molecule has 0 aromatic carbocycles. The highest BCUT2D eigenvalue weighted by Gasteiger charge is 2.24. The molecule has 1 saturated heterocycles. The Bertz CT molecular complexity index is 367. The van der Waals surface area contributed by atoms with Crippen molar-refractivity contribution in [3.05, 3.63) is 16.1 Å². The third-order valence-corrected chi connectivity index (χ3v) is 4.26. The van der Waals surface area contributed by atoms with Crippen LogP contribution >= 0.6 is 11.3 Å². The number of aromatic nitrogens is 1. The molecule has 0 aliphatic carbocycles. The van der Waals surface area contributed by atoms with Gasteiger partial charge in [-0.25, -0.2) is 4.98 Å². The molecule has 17 heavy (non-hydrogen) atoms. The van der Waals surface area contributed by atoms with Crippen LogP contribution in [-0.2, 0) is 12.0 Å². The van der Waals surface area contributed by atoms with Crippen molar-refractivity contribution in [2.75, 3.05) is 13.1 Å². The number of hydrogen-bond acceptors (Lipinski definition) is 4. The maximum atomic E-state index is 5.79. The van der Waals surface area contributed by atoms with Gasteiger partial charge in [0.25, 0.3) is 0 Å². The van der Waals surface area contributed by atoms with Crippen molar-refractivity contribution < 1.29 is 0 Å². The summed E-state index contributed by atoms with van der Waals surface area (Å²) in [5, 5.41) is 3.43. The first-order chi connectivity index (χ1) is 8.00. The van der Waals surface area contributed by atoms with Crippen molar-refractivity contribution in [2.45, 2.75) is 51.6 Å². The minimum absolute atomic E-state index is 0.160. The van der Waals surface area contributed by atoms with Crippen molar-refractivity contribution in [2.24, 2.45) is 5.73 Å². The van der Waals surface area contributed by atoms with Crippen LogP contribution in [0.3, 0.4) is 0 Å². The fourth-order valence-electron chi connectivity index (χ4n) is 2.27. The molecule has 0 radical (unpaired) electrons. The van der Waals surface area contributed by atoms with Gasteiger partial charge in [0.1, 0.15) is 5.01 Å². The van der Waals surface area contributed by atoms with Gasteiger partial charge in [0.05, 0.1) is 12.2 Å².